The van der Waals surface area contributed by atoms with Gasteiger partial charge >= 0.3 is 12.1 Å². The maximum atomic E-state index is 13.5. The van der Waals surface area contributed by atoms with Crippen molar-refractivity contribution < 1.29 is 31.1 Å². The number of carbonyl (C=O) groups is 1. The van der Waals surface area contributed by atoms with Gasteiger partial charge in [-0.25, -0.2) is 22.2 Å². The highest BCUT2D eigenvalue weighted by atomic mass is 32.2. The quantitative estimate of drug-likeness (QED) is 0.387. The zero-order valence-electron chi connectivity index (χ0n) is 17.4. The Morgan fingerprint density at radius 2 is 1.70 bits per heavy atom. The molecule has 0 aliphatic rings. The van der Waals surface area contributed by atoms with Gasteiger partial charge in [-0.05, 0) is 43.3 Å². The lowest BCUT2D eigenvalue weighted by atomic mass is 10.1. The molecule has 0 fully saturated rings. The Morgan fingerprint density at radius 1 is 1.00 bits per heavy atom. The lowest BCUT2D eigenvalue weighted by Gasteiger charge is -2.12. The van der Waals surface area contributed by atoms with Crippen molar-refractivity contribution in [2.45, 2.75) is 18.0 Å². The number of benzene rings is 2. The molecule has 0 radical (unpaired) electrons. The van der Waals surface area contributed by atoms with E-state index in [4.69, 9.17) is 4.74 Å². The number of nitrogens with zero attached hydrogens (tertiary/aromatic N) is 2. The summed E-state index contributed by atoms with van der Waals surface area (Å²) in [5.74, 6) is -0.874. The van der Waals surface area contributed by atoms with Gasteiger partial charge in [-0.1, -0.05) is 35.9 Å². The number of hydrogen-bond acceptors (Lipinski definition) is 5. The molecule has 0 saturated carbocycles. The van der Waals surface area contributed by atoms with Crippen molar-refractivity contribution in [3.05, 3.63) is 83.7 Å². The first-order valence-electron chi connectivity index (χ1n) is 9.63. The molecular weight excluding hydrogens is 457 g/mol. The molecule has 10 heteroatoms. The van der Waals surface area contributed by atoms with E-state index >= 15 is 0 Å². The van der Waals surface area contributed by atoms with Gasteiger partial charge in [0, 0.05) is 10.9 Å². The number of halogens is 3. The average Bonchev–Trinajstić information content (AvgIpc) is 3.18. The number of esters is 1. The van der Waals surface area contributed by atoms with Crippen molar-refractivity contribution in [3.8, 4) is 11.3 Å². The minimum atomic E-state index is -4.63. The number of hydrogen-bond donors (Lipinski definition) is 0. The van der Waals surface area contributed by atoms with Crippen molar-refractivity contribution in [3.63, 3.8) is 0 Å². The second-order valence-electron chi connectivity index (χ2n) is 7.28. The van der Waals surface area contributed by atoms with Crippen molar-refractivity contribution in [1.82, 2.24) is 8.96 Å². The maximum Gasteiger partial charge on any atom is 0.433 e. The first-order valence-corrected chi connectivity index (χ1v) is 11.1. The molecule has 0 aliphatic heterocycles. The Kier molecular flexibility index (Phi) is 5.49. The van der Waals surface area contributed by atoms with Crippen LogP contribution in [0.25, 0.3) is 22.2 Å². The largest absolute Gasteiger partial charge is 0.464 e. The molecule has 0 aliphatic carbocycles. The van der Waals surface area contributed by atoms with Crippen LogP contribution in [0.2, 0.25) is 0 Å². The van der Waals surface area contributed by atoms with Crippen molar-refractivity contribution in [2.75, 3.05) is 7.11 Å². The molecule has 0 bridgehead atoms. The van der Waals surface area contributed by atoms with Gasteiger partial charge in [0.15, 0.2) is 0 Å². The van der Waals surface area contributed by atoms with E-state index in [1.807, 2.05) is 0 Å². The van der Waals surface area contributed by atoms with E-state index in [1.165, 1.54) is 48.5 Å². The molecular formula is C23H17F3N2O4S. The minimum absolute atomic E-state index is 0.00632. The summed E-state index contributed by atoms with van der Waals surface area (Å²) in [5.41, 5.74) is -0.0966. The zero-order chi connectivity index (χ0) is 24.0. The average molecular weight is 474 g/mol. The van der Waals surface area contributed by atoms with Crippen LogP contribution in [0.15, 0.2) is 71.6 Å². The monoisotopic (exact) mass is 474 g/mol. The van der Waals surface area contributed by atoms with E-state index in [-0.39, 0.29) is 27.4 Å². The number of ether oxygens (including phenoxy) is 1. The molecule has 0 spiro atoms. The highest BCUT2D eigenvalue weighted by Crippen LogP contribution is 2.32. The normalized spacial score (nSPS) is 12.2. The number of carbonyl (C=O) groups excluding carboxylic acids is 1. The predicted molar refractivity (Wildman–Crippen MR) is 115 cm³/mol. The number of pyridine rings is 1. The summed E-state index contributed by atoms with van der Waals surface area (Å²) in [5, 5.41) is 0.391. The molecule has 2 aromatic heterocycles. The van der Waals surface area contributed by atoms with E-state index in [1.54, 1.807) is 19.1 Å². The fourth-order valence-electron chi connectivity index (χ4n) is 3.41. The summed E-state index contributed by atoms with van der Waals surface area (Å²) in [6, 6.07) is 15.3. The Hall–Kier alpha value is -3.66. The number of aromatic nitrogens is 2. The molecule has 6 nitrogen and oxygen atoms in total. The SMILES string of the molecule is COC(=O)c1cc2ccc(-c3cccc(C(F)(F)F)n3)cc2n1S(=O)(=O)c1ccc(C)cc1. The van der Waals surface area contributed by atoms with Crippen LogP contribution in [0.5, 0.6) is 0 Å². The Morgan fingerprint density at radius 3 is 2.33 bits per heavy atom. The highest BCUT2D eigenvalue weighted by Gasteiger charge is 2.32. The van der Waals surface area contributed by atoms with Gasteiger partial charge in [-0.15, -0.1) is 0 Å². The smallest absolute Gasteiger partial charge is 0.433 e. The number of fused-ring (bicyclic) bond motifs is 1. The number of alkyl halides is 3. The van der Waals surface area contributed by atoms with E-state index in [0.717, 1.165) is 22.7 Å². The Bertz CT molecular complexity index is 1470. The molecule has 0 amide bonds. The van der Waals surface area contributed by atoms with Crippen LogP contribution in [0.3, 0.4) is 0 Å². The van der Waals surface area contributed by atoms with Crippen molar-refractivity contribution in [1.29, 1.82) is 0 Å². The van der Waals surface area contributed by atoms with Crippen LogP contribution < -0.4 is 0 Å². The van der Waals surface area contributed by atoms with Crippen LogP contribution in [0.1, 0.15) is 21.7 Å². The molecule has 4 rings (SSSR count). The third-order valence-electron chi connectivity index (χ3n) is 5.05. The molecule has 0 N–H and O–H groups in total. The van der Waals surface area contributed by atoms with Gasteiger partial charge < -0.3 is 4.74 Å². The third-order valence-corrected chi connectivity index (χ3v) is 6.79. The van der Waals surface area contributed by atoms with Crippen molar-refractivity contribution >= 4 is 26.9 Å². The molecule has 0 saturated heterocycles. The molecule has 0 unspecified atom stereocenters. The summed E-state index contributed by atoms with van der Waals surface area (Å²) in [7, 11) is -3.11. The fourth-order valence-corrected chi connectivity index (χ4v) is 4.91. The topological polar surface area (TPSA) is 78.3 Å². The molecule has 170 valence electrons. The molecule has 4 aromatic rings. The predicted octanol–water partition coefficient (Wildman–Crippen LogP) is 5.05. The van der Waals surface area contributed by atoms with Crippen LogP contribution in [0, 0.1) is 6.92 Å². The number of rotatable bonds is 4. The molecule has 33 heavy (non-hydrogen) atoms. The number of aryl methyl sites for hydroxylation is 1. The molecule has 0 atom stereocenters. The van der Waals surface area contributed by atoms with Crippen LogP contribution >= 0.6 is 0 Å². The van der Waals surface area contributed by atoms with Gasteiger partial charge in [0.05, 0.1) is 23.2 Å². The van der Waals surface area contributed by atoms with Crippen molar-refractivity contribution in [2.24, 2.45) is 0 Å². The minimum Gasteiger partial charge on any atom is -0.464 e. The summed E-state index contributed by atoms with van der Waals surface area (Å²) < 4.78 is 71.9. The Balaban J connectivity index is 1.97. The molecule has 2 heterocycles. The van der Waals surface area contributed by atoms with E-state index in [2.05, 4.69) is 4.98 Å². The zero-order valence-corrected chi connectivity index (χ0v) is 18.2. The Labute approximate surface area is 187 Å². The van der Waals surface area contributed by atoms with Gasteiger partial charge in [0.25, 0.3) is 10.0 Å². The summed E-state index contributed by atoms with van der Waals surface area (Å²) in [6.45, 7) is 1.80. The van der Waals surface area contributed by atoms with E-state index < -0.39 is 27.9 Å². The van der Waals surface area contributed by atoms with Gasteiger partial charge in [-0.3, -0.25) is 0 Å². The lowest BCUT2D eigenvalue weighted by molar-refractivity contribution is -0.141. The number of methoxy groups -OCH3 is 1. The second-order valence-corrected chi connectivity index (χ2v) is 9.07. The second kappa shape index (κ2) is 8.04. The van der Waals surface area contributed by atoms with E-state index in [9.17, 15) is 26.4 Å². The van der Waals surface area contributed by atoms with Crippen LogP contribution in [0.4, 0.5) is 13.2 Å². The highest BCUT2D eigenvalue weighted by molar-refractivity contribution is 7.90. The van der Waals surface area contributed by atoms with Crippen LogP contribution in [-0.4, -0.2) is 30.5 Å². The van der Waals surface area contributed by atoms with Gasteiger partial charge in [0.2, 0.25) is 0 Å². The first kappa shape index (κ1) is 22.5. The standard InChI is InChI=1S/C23H17F3N2O4S/c1-14-6-10-17(11-7-14)33(30,31)28-19-12-15(8-9-16(19)13-20(28)22(29)32-2)18-4-3-5-21(27-18)23(24,25)26/h3-13H,1-2H3. The third kappa shape index (κ3) is 4.09. The summed E-state index contributed by atoms with van der Waals surface area (Å²) in [4.78, 5) is 16.0. The summed E-state index contributed by atoms with van der Waals surface area (Å²) >= 11 is 0. The lowest BCUT2D eigenvalue weighted by Crippen LogP contribution is -2.19. The first-order chi connectivity index (χ1) is 15.5. The fraction of sp³-hybridized carbons (Fsp3) is 0.130. The van der Waals surface area contributed by atoms with E-state index in [0.29, 0.717) is 5.39 Å². The molecule has 2 aromatic carbocycles. The summed E-state index contributed by atoms with van der Waals surface area (Å²) in [6.07, 6.45) is -4.63. The van der Waals surface area contributed by atoms with Gasteiger partial charge in [0.1, 0.15) is 11.4 Å². The van der Waals surface area contributed by atoms with Crippen LogP contribution in [-0.2, 0) is 20.9 Å². The maximum absolute atomic E-state index is 13.5. The van der Waals surface area contributed by atoms with Gasteiger partial charge in [-0.2, -0.15) is 13.2 Å².